The van der Waals surface area contributed by atoms with Gasteiger partial charge in [-0.15, -0.1) is 0 Å². The standard InChI is InChI=1S/C19H25N3O4S/c1-13(2)26-19(23)18-10-20-11-22(18)17-6-4-5-14-7-8-15(9-16(14)17)21-12-27(3,24)25/h7-11,13,17,21H,4-6,12H2,1-3H3. The van der Waals surface area contributed by atoms with Crippen LogP contribution in [0.25, 0.3) is 0 Å². The second-order valence-electron chi connectivity index (χ2n) is 7.21. The topological polar surface area (TPSA) is 90.3 Å². The average molecular weight is 391 g/mol. The summed E-state index contributed by atoms with van der Waals surface area (Å²) in [6.07, 6.45) is 7.02. The van der Waals surface area contributed by atoms with Crippen LogP contribution in [0.4, 0.5) is 5.69 Å². The molecule has 8 heteroatoms. The molecule has 1 aliphatic carbocycles. The van der Waals surface area contributed by atoms with Gasteiger partial charge < -0.3 is 14.6 Å². The minimum Gasteiger partial charge on any atom is -0.458 e. The van der Waals surface area contributed by atoms with E-state index in [1.165, 1.54) is 18.0 Å². The van der Waals surface area contributed by atoms with E-state index in [0.29, 0.717) is 5.69 Å². The first-order valence-corrected chi connectivity index (χ1v) is 11.1. The SMILES string of the molecule is CC(C)OC(=O)c1cncn1C1CCCc2ccc(NCS(C)(=O)=O)cc21. The normalized spacial score (nSPS) is 16.8. The van der Waals surface area contributed by atoms with Gasteiger partial charge in [0.25, 0.3) is 0 Å². The van der Waals surface area contributed by atoms with Crippen LogP contribution in [0, 0.1) is 0 Å². The Hall–Kier alpha value is -2.35. The summed E-state index contributed by atoms with van der Waals surface area (Å²) in [5, 5.41) is 2.96. The van der Waals surface area contributed by atoms with Crippen LogP contribution in [-0.4, -0.2) is 42.2 Å². The van der Waals surface area contributed by atoms with Crippen molar-refractivity contribution in [3.63, 3.8) is 0 Å². The number of carbonyl (C=O) groups excluding carboxylic acids is 1. The van der Waals surface area contributed by atoms with Gasteiger partial charge in [-0.2, -0.15) is 0 Å². The zero-order valence-electron chi connectivity index (χ0n) is 15.8. The number of aryl methyl sites for hydroxylation is 1. The van der Waals surface area contributed by atoms with Crippen molar-refractivity contribution >= 4 is 21.5 Å². The van der Waals surface area contributed by atoms with Gasteiger partial charge in [-0.05, 0) is 56.4 Å². The molecule has 0 saturated heterocycles. The van der Waals surface area contributed by atoms with Crippen molar-refractivity contribution in [1.82, 2.24) is 9.55 Å². The van der Waals surface area contributed by atoms with Crippen molar-refractivity contribution < 1.29 is 17.9 Å². The third-order valence-electron chi connectivity index (χ3n) is 4.52. The molecule has 27 heavy (non-hydrogen) atoms. The lowest BCUT2D eigenvalue weighted by Gasteiger charge is -2.28. The molecule has 1 unspecified atom stereocenters. The summed E-state index contributed by atoms with van der Waals surface area (Å²) in [6.45, 7) is 3.63. The number of imidazole rings is 1. The fourth-order valence-electron chi connectivity index (χ4n) is 3.37. The van der Waals surface area contributed by atoms with Crippen LogP contribution in [0.15, 0.2) is 30.7 Å². The molecule has 0 saturated carbocycles. The number of benzene rings is 1. The number of nitrogens with one attached hydrogen (secondary N) is 1. The number of fused-ring (bicyclic) bond motifs is 1. The van der Waals surface area contributed by atoms with Crippen molar-refractivity contribution in [2.45, 2.75) is 45.3 Å². The van der Waals surface area contributed by atoms with E-state index in [0.717, 1.165) is 30.5 Å². The lowest BCUT2D eigenvalue weighted by atomic mass is 9.87. The Labute approximate surface area is 159 Å². The molecule has 3 rings (SSSR count). The number of anilines is 1. The number of rotatable bonds is 6. The van der Waals surface area contributed by atoms with Gasteiger partial charge >= 0.3 is 5.97 Å². The number of hydrogen-bond acceptors (Lipinski definition) is 6. The van der Waals surface area contributed by atoms with Crippen LogP contribution in [0.5, 0.6) is 0 Å². The maximum absolute atomic E-state index is 12.4. The molecule has 0 bridgehead atoms. The Bertz CT molecular complexity index is 934. The van der Waals surface area contributed by atoms with Crippen LogP contribution in [0.2, 0.25) is 0 Å². The van der Waals surface area contributed by atoms with Crippen molar-refractivity contribution in [3.05, 3.63) is 47.5 Å². The number of aromatic nitrogens is 2. The van der Waals surface area contributed by atoms with Crippen molar-refractivity contribution in [2.75, 3.05) is 17.4 Å². The second kappa shape index (κ2) is 7.72. The summed E-state index contributed by atoms with van der Waals surface area (Å²) in [5.41, 5.74) is 3.46. The summed E-state index contributed by atoms with van der Waals surface area (Å²) in [7, 11) is -3.12. The highest BCUT2D eigenvalue weighted by atomic mass is 32.2. The van der Waals surface area contributed by atoms with E-state index in [-0.39, 0.29) is 24.0 Å². The van der Waals surface area contributed by atoms with E-state index < -0.39 is 9.84 Å². The molecule has 0 radical (unpaired) electrons. The molecule has 0 spiro atoms. The average Bonchev–Trinajstić information content (AvgIpc) is 3.07. The molecular weight excluding hydrogens is 366 g/mol. The molecule has 146 valence electrons. The van der Waals surface area contributed by atoms with Crippen molar-refractivity contribution in [2.24, 2.45) is 0 Å². The molecule has 0 fully saturated rings. The molecule has 1 atom stereocenters. The summed E-state index contributed by atoms with van der Waals surface area (Å²) in [5.74, 6) is -0.506. The van der Waals surface area contributed by atoms with Gasteiger partial charge in [0.05, 0.1) is 24.7 Å². The van der Waals surface area contributed by atoms with Crippen LogP contribution < -0.4 is 5.32 Å². The fourth-order valence-corrected chi connectivity index (χ4v) is 3.80. The Kier molecular flexibility index (Phi) is 5.55. The van der Waals surface area contributed by atoms with Gasteiger partial charge in [0.1, 0.15) is 11.6 Å². The molecule has 0 amide bonds. The second-order valence-corrected chi connectivity index (χ2v) is 9.35. The molecule has 1 N–H and O–H groups in total. The molecule has 1 heterocycles. The van der Waals surface area contributed by atoms with Crippen molar-refractivity contribution in [3.8, 4) is 0 Å². The van der Waals surface area contributed by atoms with Crippen LogP contribution in [0.1, 0.15) is 54.3 Å². The summed E-state index contributed by atoms with van der Waals surface area (Å²) in [4.78, 5) is 16.6. The zero-order valence-corrected chi connectivity index (χ0v) is 16.6. The molecule has 2 aromatic rings. The van der Waals surface area contributed by atoms with Gasteiger partial charge in [-0.3, -0.25) is 0 Å². The monoisotopic (exact) mass is 391 g/mol. The number of nitrogens with zero attached hydrogens (tertiary/aromatic N) is 2. The summed E-state index contributed by atoms with van der Waals surface area (Å²) in [6, 6.07) is 5.86. The number of ether oxygens (including phenoxy) is 1. The first-order chi connectivity index (χ1) is 12.7. The quantitative estimate of drug-likeness (QED) is 0.762. The lowest BCUT2D eigenvalue weighted by Crippen LogP contribution is -2.22. The van der Waals surface area contributed by atoms with Crippen LogP contribution in [0.3, 0.4) is 0 Å². The summed E-state index contributed by atoms with van der Waals surface area (Å²) >= 11 is 0. The molecule has 1 aromatic carbocycles. The number of sulfone groups is 1. The van der Waals surface area contributed by atoms with E-state index in [1.807, 2.05) is 36.6 Å². The van der Waals surface area contributed by atoms with Gasteiger partial charge in [0.2, 0.25) is 0 Å². The highest BCUT2D eigenvalue weighted by molar-refractivity contribution is 7.90. The third-order valence-corrected chi connectivity index (χ3v) is 5.19. The third kappa shape index (κ3) is 4.68. The van der Waals surface area contributed by atoms with Gasteiger partial charge in [-0.1, -0.05) is 6.07 Å². The first-order valence-electron chi connectivity index (χ1n) is 9.02. The molecular formula is C19H25N3O4S. The minimum absolute atomic E-state index is 0.0362. The molecule has 7 nitrogen and oxygen atoms in total. The maximum Gasteiger partial charge on any atom is 0.356 e. The van der Waals surface area contributed by atoms with Gasteiger partial charge in [0.15, 0.2) is 9.84 Å². The van der Waals surface area contributed by atoms with E-state index in [1.54, 1.807) is 6.33 Å². The maximum atomic E-state index is 12.4. The van der Waals surface area contributed by atoms with Crippen LogP contribution >= 0.6 is 0 Å². The smallest absolute Gasteiger partial charge is 0.356 e. The molecule has 1 aromatic heterocycles. The van der Waals surface area contributed by atoms with Crippen molar-refractivity contribution in [1.29, 1.82) is 0 Å². The van der Waals surface area contributed by atoms with E-state index >= 15 is 0 Å². The Morgan fingerprint density at radius 3 is 2.89 bits per heavy atom. The van der Waals surface area contributed by atoms with E-state index in [9.17, 15) is 13.2 Å². The first kappa shape index (κ1) is 19.4. The molecule has 1 aliphatic rings. The van der Waals surface area contributed by atoms with E-state index in [2.05, 4.69) is 10.3 Å². The summed E-state index contributed by atoms with van der Waals surface area (Å²) < 4.78 is 30.1. The zero-order chi connectivity index (χ0) is 19.6. The molecule has 0 aliphatic heterocycles. The van der Waals surface area contributed by atoms with Crippen LogP contribution in [-0.2, 0) is 21.0 Å². The van der Waals surface area contributed by atoms with Gasteiger partial charge in [-0.25, -0.2) is 18.2 Å². The lowest BCUT2D eigenvalue weighted by molar-refractivity contribution is 0.0363. The predicted octanol–water partition coefficient (Wildman–Crippen LogP) is 2.79. The fraction of sp³-hybridized carbons (Fsp3) is 0.474. The number of carbonyl (C=O) groups is 1. The predicted molar refractivity (Wildman–Crippen MR) is 104 cm³/mol. The van der Waals surface area contributed by atoms with E-state index in [4.69, 9.17) is 4.74 Å². The Morgan fingerprint density at radius 1 is 1.41 bits per heavy atom. The number of esters is 1. The largest absolute Gasteiger partial charge is 0.458 e. The van der Waals surface area contributed by atoms with Gasteiger partial charge in [0, 0.05) is 11.9 Å². The highest BCUT2D eigenvalue weighted by Gasteiger charge is 2.26. The Morgan fingerprint density at radius 2 is 2.19 bits per heavy atom. The number of hydrogen-bond donors (Lipinski definition) is 1. The minimum atomic E-state index is -3.12. The Balaban J connectivity index is 1.92. The highest BCUT2D eigenvalue weighted by Crippen LogP contribution is 2.35.